The van der Waals surface area contributed by atoms with Crippen LogP contribution in [0.25, 0.3) is 0 Å². The van der Waals surface area contributed by atoms with Crippen molar-refractivity contribution in [3.8, 4) is 0 Å². The molecule has 0 aromatic heterocycles. The summed E-state index contributed by atoms with van der Waals surface area (Å²) in [4.78, 5) is 11.4. The predicted octanol–water partition coefficient (Wildman–Crippen LogP) is 2.66. The second-order valence-electron chi connectivity index (χ2n) is 6.48. The van der Waals surface area contributed by atoms with Gasteiger partial charge < -0.3 is 10.4 Å². The summed E-state index contributed by atoms with van der Waals surface area (Å²) in [6.45, 7) is 9.34. The van der Waals surface area contributed by atoms with E-state index in [0.29, 0.717) is 5.92 Å². The monoisotopic (exact) mass is 227 g/mol. The van der Waals surface area contributed by atoms with Gasteiger partial charge in [0.2, 0.25) is 0 Å². The predicted molar refractivity (Wildman–Crippen MR) is 65.5 cm³/mol. The number of carboxylic acid groups (broad SMARTS) is 1. The van der Waals surface area contributed by atoms with E-state index in [1.165, 1.54) is 0 Å². The second kappa shape index (κ2) is 4.74. The van der Waals surface area contributed by atoms with Gasteiger partial charge >= 0.3 is 5.97 Å². The highest BCUT2D eigenvalue weighted by atomic mass is 16.4. The number of rotatable bonds is 3. The Bertz CT molecular complexity index is 247. The van der Waals surface area contributed by atoms with Gasteiger partial charge in [-0.05, 0) is 37.0 Å². The largest absolute Gasteiger partial charge is 0.480 e. The fourth-order valence-corrected chi connectivity index (χ4v) is 2.16. The van der Waals surface area contributed by atoms with Crippen LogP contribution in [0, 0.1) is 11.3 Å². The van der Waals surface area contributed by atoms with Crippen molar-refractivity contribution < 1.29 is 9.90 Å². The van der Waals surface area contributed by atoms with Gasteiger partial charge in [-0.2, -0.15) is 0 Å². The van der Waals surface area contributed by atoms with Crippen molar-refractivity contribution in [2.45, 2.75) is 58.9 Å². The number of aliphatic carboxylic acids is 1. The van der Waals surface area contributed by atoms with Crippen molar-refractivity contribution in [2.75, 3.05) is 6.54 Å². The van der Waals surface area contributed by atoms with Gasteiger partial charge in [-0.1, -0.05) is 27.7 Å². The SMILES string of the molecule is CC1CCC(NCC(C)(C)C)(C(=O)O)CC1. The Balaban J connectivity index is 2.64. The van der Waals surface area contributed by atoms with Crippen LogP contribution in [-0.2, 0) is 4.79 Å². The average molecular weight is 227 g/mol. The summed E-state index contributed by atoms with van der Waals surface area (Å²) in [7, 11) is 0. The molecule has 0 bridgehead atoms. The number of carboxylic acids is 1. The van der Waals surface area contributed by atoms with E-state index in [0.717, 1.165) is 32.2 Å². The maximum absolute atomic E-state index is 11.4. The van der Waals surface area contributed by atoms with Gasteiger partial charge in [0.1, 0.15) is 5.54 Å². The molecule has 0 aromatic rings. The van der Waals surface area contributed by atoms with E-state index < -0.39 is 11.5 Å². The highest BCUT2D eigenvalue weighted by molar-refractivity contribution is 5.78. The van der Waals surface area contributed by atoms with Gasteiger partial charge in [-0.25, -0.2) is 0 Å². The molecule has 94 valence electrons. The number of hydrogen-bond donors (Lipinski definition) is 2. The lowest BCUT2D eigenvalue weighted by Crippen LogP contribution is -2.56. The lowest BCUT2D eigenvalue weighted by molar-refractivity contribution is -0.147. The van der Waals surface area contributed by atoms with Crippen LogP contribution >= 0.6 is 0 Å². The zero-order valence-corrected chi connectivity index (χ0v) is 11.0. The molecule has 1 rings (SSSR count). The molecule has 0 spiro atoms. The van der Waals surface area contributed by atoms with Gasteiger partial charge in [0, 0.05) is 6.54 Å². The van der Waals surface area contributed by atoms with Crippen molar-refractivity contribution in [2.24, 2.45) is 11.3 Å². The van der Waals surface area contributed by atoms with E-state index in [9.17, 15) is 9.90 Å². The molecule has 3 nitrogen and oxygen atoms in total. The lowest BCUT2D eigenvalue weighted by Gasteiger charge is -2.38. The van der Waals surface area contributed by atoms with Crippen molar-refractivity contribution in [1.82, 2.24) is 5.32 Å². The van der Waals surface area contributed by atoms with E-state index in [2.05, 4.69) is 33.0 Å². The minimum absolute atomic E-state index is 0.130. The van der Waals surface area contributed by atoms with Gasteiger partial charge in [0.05, 0.1) is 0 Å². The molecule has 0 atom stereocenters. The molecule has 16 heavy (non-hydrogen) atoms. The van der Waals surface area contributed by atoms with Crippen LogP contribution in [0.1, 0.15) is 53.4 Å². The van der Waals surface area contributed by atoms with Crippen LogP contribution in [0.4, 0.5) is 0 Å². The highest BCUT2D eigenvalue weighted by Gasteiger charge is 2.41. The van der Waals surface area contributed by atoms with Gasteiger partial charge in [-0.3, -0.25) is 4.79 Å². The topological polar surface area (TPSA) is 49.3 Å². The zero-order chi connectivity index (χ0) is 12.4. The molecule has 0 unspecified atom stereocenters. The van der Waals surface area contributed by atoms with Crippen molar-refractivity contribution in [3.63, 3.8) is 0 Å². The second-order valence-corrected chi connectivity index (χ2v) is 6.48. The summed E-state index contributed by atoms with van der Waals surface area (Å²) >= 11 is 0. The summed E-state index contributed by atoms with van der Waals surface area (Å²) in [5, 5.41) is 12.7. The first kappa shape index (κ1) is 13.5. The Labute approximate surface area is 98.6 Å². The third kappa shape index (κ3) is 3.48. The first-order valence-corrected chi connectivity index (χ1v) is 6.24. The number of hydrogen-bond acceptors (Lipinski definition) is 2. The van der Waals surface area contributed by atoms with E-state index >= 15 is 0 Å². The molecule has 0 heterocycles. The minimum atomic E-state index is -0.677. The highest BCUT2D eigenvalue weighted by Crippen LogP contribution is 2.32. The summed E-state index contributed by atoms with van der Waals surface area (Å²) in [6, 6.07) is 0. The quantitative estimate of drug-likeness (QED) is 0.779. The van der Waals surface area contributed by atoms with Crippen molar-refractivity contribution >= 4 is 5.97 Å². The molecule has 1 aliphatic rings. The third-order valence-corrected chi connectivity index (χ3v) is 3.49. The first-order chi connectivity index (χ1) is 7.25. The smallest absolute Gasteiger partial charge is 0.323 e. The Kier molecular flexibility index (Phi) is 4.00. The maximum atomic E-state index is 11.4. The molecule has 0 saturated heterocycles. The number of carbonyl (C=O) groups is 1. The molecule has 0 aromatic carbocycles. The summed E-state index contributed by atoms with van der Waals surface area (Å²) in [5.74, 6) is -0.00689. The fraction of sp³-hybridized carbons (Fsp3) is 0.923. The molecule has 0 aliphatic heterocycles. The Morgan fingerprint density at radius 1 is 1.38 bits per heavy atom. The molecular formula is C13H25NO2. The minimum Gasteiger partial charge on any atom is -0.480 e. The van der Waals surface area contributed by atoms with Gasteiger partial charge in [-0.15, -0.1) is 0 Å². The van der Waals surface area contributed by atoms with Crippen LogP contribution in [0.5, 0.6) is 0 Å². The third-order valence-electron chi connectivity index (χ3n) is 3.49. The van der Waals surface area contributed by atoms with Crippen LogP contribution < -0.4 is 5.32 Å². The van der Waals surface area contributed by atoms with Crippen LogP contribution in [0.2, 0.25) is 0 Å². The standard InChI is InChI=1S/C13H25NO2/c1-10-5-7-13(8-6-10,11(15)16)14-9-12(2,3)4/h10,14H,5-9H2,1-4H3,(H,15,16). The average Bonchev–Trinajstić information content (AvgIpc) is 2.16. The van der Waals surface area contributed by atoms with E-state index in [1.807, 2.05) is 0 Å². The lowest BCUT2D eigenvalue weighted by atomic mass is 9.76. The van der Waals surface area contributed by atoms with E-state index in [-0.39, 0.29) is 5.41 Å². The normalized spacial score (nSPS) is 31.4. The molecule has 0 amide bonds. The van der Waals surface area contributed by atoms with E-state index in [4.69, 9.17) is 0 Å². The molecule has 0 radical (unpaired) electrons. The van der Waals surface area contributed by atoms with Crippen molar-refractivity contribution in [1.29, 1.82) is 0 Å². The van der Waals surface area contributed by atoms with Crippen molar-refractivity contribution in [3.05, 3.63) is 0 Å². The Morgan fingerprint density at radius 2 is 1.88 bits per heavy atom. The van der Waals surface area contributed by atoms with Gasteiger partial charge in [0.25, 0.3) is 0 Å². The van der Waals surface area contributed by atoms with Crippen LogP contribution in [0.15, 0.2) is 0 Å². The number of nitrogens with one attached hydrogen (secondary N) is 1. The fourth-order valence-electron chi connectivity index (χ4n) is 2.16. The van der Waals surface area contributed by atoms with Crippen LogP contribution in [0.3, 0.4) is 0 Å². The Morgan fingerprint density at radius 3 is 2.25 bits per heavy atom. The first-order valence-electron chi connectivity index (χ1n) is 6.24. The molecule has 2 N–H and O–H groups in total. The molecule has 1 aliphatic carbocycles. The van der Waals surface area contributed by atoms with E-state index in [1.54, 1.807) is 0 Å². The molecule has 1 saturated carbocycles. The summed E-state index contributed by atoms with van der Waals surface area (Å²) < 4.78 is 0. The molecular weight excluding hydrogens is 202 g/mol. The van der Waals surface area contributed by atoms with Gasteiger partial charge in [0.15, 0.2) is 0 Å². The molecule has 3 heteroatoms. The maximum Gasteiger partial charge on any atom is 0.323 e. The summed E-state index contributed by atoms with van der Waals surface area (Å²) in [5.41, 5.74) is -0.536. The molecule has 1 fully saturated rings. The van der Waals surface area contributed by atoms with Crippen LogP contribution in [-0.4, -0.2) is 23.2 Å². The summed E-state index contributed by atoms with van der Waals surface area (Å²) in [6.07, 6.45) is 3.56. The Hall–Kier alpha value is -0.570. The zero-order valence-electron chi connectivity index (χ0n) is 11.0.